The summed E-state index contributed by atoms with van der Waals surface area (Å²) in [6, 6.07) is 9.44. The van der Waals surface area contributed by atoms with Crippen LogP contribution in [-0.4, -0.2) is 4.98 Å². The van der Waals surface area contributed by atoms with Gasteiger partial charge in [-0.3, -0.25) is 0 Å². The molecule has 0 amide bonds. The maximum atomic E-state index is 5.43. The van der Waals surface area contributed by atoms with Crippen molar-refractivity contribution in [1.29, 1.82) is 0 Å². The van der Waals surface area contributed by atoms with E-state index in [2.05, 4.69) is 4.98 Å². The zero-order chi connectivity index (χ0) is 8.65. The van der Waals surface area contributed by atoms with E-state index in [4.69, 9.17) is 11.6 Å². The van der Waals surface area contributed by atoms with Crippen LogP contribution in [0.2, 0.25) is 5.15 Å². The Bertz CT molecular complexity index is 266. The molecule has 2 aromatic heterocycles. The SMILES string of the molecule is Cl.Clc1ccccn1.c1ccsc1. The largest absolute Gasteiger partial charge is 0.245 e. The molecule has 0 N–H and O–H groups in total. The molecule has 13 heavy (non-hydrogen) atoms. The lowest BCUT2D eigenvalue weighted by molar-refractivity contribution is 1.33. The van der Waals surface area contributed by atoms with E-state index < -0.39 is 0 Å². The molecule has 0 spiro atoms. The van der Waals surface area contributed by atoms with Crippen molar-refractivity contribution >= 4 is 35.3 Å². The fraction of sp³-hybridized carbons (Fsp3) is 0. The van der Waals surface area contributed by atoms with Gasteiger partial charge in [-0.1, -0.05) is 29.8 Å². The lowest BCUT2D eigenvalue weighted by atomic mass is 10.5. The lowest BCUT2D eigenvalue weighted by Crippen LogP contribution is -1.65. The molecule has 0 fully saturated rings. The first-order valence-electron chi connectivity index (χ1n) is 3.43. The second-order valence-electron chi connectivity index (χ2n) is 1.95. The number of nitrogens with zero attached hydrogens (tertiary/aromatic N) is 1. The molecule has 0 aromatic carbocycles. The smallest absolute Gasteiger partial charge is 0.129 e. The van der Waals surface area contributed by atoms with Crippen LogP contribution >= 0.6 is 35.3 Å². The van der Waals surface area contributed by atoms with E-state index in [1.54, 1.807) is 23.6 Å². The van der Waals surface area contributed by atoms with Crippen LogP contribution in [0.3, 0.4) is 0 Å². The van der Waals surface area contributed by atoms with Gasteiger partial charge in [-0.05, 0) is 22.9 Å². The number of thiophene rings is 1. The van der Waals surface area contributed by atoms with Crippen LogP contribution in [0.4, 0.5) is 0 Å². The van der Waals surface area contributed by atoms with Gasteiger partial charge >= 0.3 is 0 Å². The van der Waals surface area contributed by atoms with Gasteiger partial charge in [0.15, 0.2) is 0 Å². The van der Waals surface area contributed by atoms with Gasteiger partial charge in [-0.25, -0.2) is 4.98 Å². The molecule has 0 radical (unpaired) electrons. The van der Waals surface area contributed by atoms with Crippen molar-refractivity contribution in [2.24, 2.45) is 0 Å². The molecular formula is C9H9Cl2NS. The van der Waals surface area contributed by atoms with Crippen LogP contribution in [0.5, 0.6) is 0 Å². The number of pyridine rings is 1. The molecule has 2 aromatic rings. The number of rotatable bonds is 0. The minimum atomic E-state index is 0. The molecule has 0 aliphatic carbocycles. The Labute approximate surface area is 92.8 Å². The highest BCUT2D eigenvalue weighted by Gasteiger charge is 1.76. The Hall–Kier alpha value is -0.570. The molecule has 4 heteroatoms. The zero-order valence-corrected chi connectivity index (χ0v) is 9.15. The number of hydrogen-bond donors (Lipinski definition) is 0. The number of aromatic nitrogens is 1. The average molecular weight is 234 g/mol. The van der Waals surface area contributed by atoms with Crippen LogP contribution in [0.15, 0.2) is 47.3 Å². The van der Waals surface area contributed by atoms with Crippen molar-refractivity contribution in [2.45, 2.75) is 0 Å². The fourth-order valence-corrected chi connectivity index (χ4v) is 1.15. The van der Waals surface area contributed by atoms with Crippen molar-refractivity contribution < 1.29 is 0 Å². The van der Waals surface area contributed by atoms with Gasteiger partial charge < -0.3 is 0 Å². The Morgan fingerprint density at radius 2 is 1.77 bits per heavy atom. The van der Waals surface area contributed by atoms with E-state index in [1.165, 1.54) is 0 Å². The second-order valence-corrected chi connectivity index (χ2v) is 3.15. The van der Waals surface area contributed by atoms with E-state index in [1.807, 2.05) is 35.0 Å². The van der Waals surface area contributed by atoms with Crippen LogP contribution in [0.25, 0.3) is 0 Å². The van der Waals surface area contributed by atoms with Gasteiger partial charge in [-0.2, -0.15) is 11.3 Å². The molecular weight excluding hydrogens is 225 g/mol. The highest BCUT2D eigenvalue weighted by Crippen LogP contribution is 1.98. The normalized spacial score (nSPS) is 7.77. The summed E-state index contributed by atoms with van der Waals surface area (Å²) < 4.78 is 0. The molecule has 0 aliphatic rings. The summed E-state index contributed by atoms with van der Waals surface area (Å²) in [5.41, 5.74) is 0. The molecule has 0 saturated heterocycles. The molecule has 1 nitrogen and oxygen atoms in total. The zero-order valence-electron chi connectivity index (χ0n) is 6.76. The molecule has 0 aliphatic heterocycles. The minimum Gasteiger partial charge on any atom is -0.245 e. The third kappa shape index (κ3) is 6.58. The van der Waals surface area contributed by atoms with Crippen LogP contribution in [-0.2, 0) is 0 Å². The molecule has 0 bridgehead atoms. The van der Waals surface area contributed by atoms with Crippen molar-refractivity contribution in [2.75, 3.05) is 0 Å². The Balaban J connectivity index is 0.000000215. The molecule has 70 valence electrons. The summed E-state index contributed by atoms with van der Waals surface area (Å²) in [6.07, 6.45) is 1.66. The molecule has 2 heterocycles. The van der Waals surface area contributed by atoms with Gasteiger partial charge in [0.2, 0.25) is 0 Å². The predicted molar refractivity (Wildman–Crippen MR) is 60.8 cm³/mol. The van der Waals surface area contributed by atoms with E-state index in [0.29, 0.717) is 5.15 Å². The van der Waals surface area contributed by atoms with Gasteiger partial charge in [0.25, 0.3) is 0 Å². The van der Waals surface area contributed by atoms with Gasteiger partial charge in [0.1, 0.15) is 5.15 Å². The topological polar surface area (TPSA) is 12.9 Å². The maximum Gasteiger partial charge on any atom is 0.129 e. The Morgan fingerprint density at radius 1 is 1.08 bits per heavy atom. The highest BCUT2D eigenvalue weighted by atomic mass is 35.5. The molecule has 0 atom stereocenters. The maximum absolute atomic E-state index is 5.43. The van der Waals surface area contributed by atoms with Crippen LogP contribution in [0, 0.1) is 0 Å². The first-order chi connectivity index (χ1) is 5.89. The molecule has 2 rings (SSSR count). The van der Waals surface area contributed by atoms with E-state index in [-0.39, 0.29) is 12.4 Å². The second kappa shape index (κ2) is 8.05. The van der Waals surface area contributed by atoms with Crippen LogP contribution < -0.4 is 0 Å². The van der Waals surface area contributed by atoms with Crippen LogP contribution in [0.1, 0.15) is 0 Å². The van der Waals surface area contributed by atoms with E-state index >= 15 is 0 Å². The lowest BCUT2D eigenvalue weighted by Gasteiger charge is -1.79. The van der Waals surface area contributed by atoms with E-state index in [0.717, 1.165) is 0 Å². The highest BCUT2D eigenvalue weighted by molar-refractivity contribution is 7.07. The first kappa shape index (κ1) is 12.4. The van der Waals surface area contributed by atoms with E-state index in [9.17, 15) is 0 Å². The summed E-state index contributed by atoms with van der Waals surface area (Å²) >= 11 is 7.14. The summed E-state index contributed by atoms with van der Waals surface area (Å²) in [4.78, 5) is 3.74. The minimum absolute atomic E-state index is 0. The van der Waals surface area contributed by atoms with Crippen molar-refractivity contribution in [3.63, 3.8) is 0 Å². The summed E-state index contributed by atoms with van der Waals surface area (Å²) in [5, 5.41) is 4.63. The van der Waals surface area contributed by atoms with Gasteiger partial charge in [0.05, 0.1) is 0 Å². The van der Waals surface area contributed by atoms with Crippen molar-refractivity contribution in [3.05, 3.63) is 52.4 Å². The Kier molecular flexibility index (Phi) is 7.69. The molecule has 0 saturated carbocycles. The van der Waals surface area contributed by atoms with Gasteiger partial charge in [-0.15, -0.1) is 12.4 Å². The standard InChI is InChI=1S/C5H4ClN.C4H4S.ClH/c6-5-3-1-2-4-7-5;1-2-4-5-3-1;/h1-4H;1-4H;1H. The monoisotopic (exact) mass is 233 g/mol. The first-order valence-corrected chi connectivity index (χ1v) is 4.75. The number of halogens is 2. The van der Waals surface area contributed by atoms with Gasteiger partial charge in [0, 0.05) is 6.20 Å². The average Bonchev–Trinajstić information content (AvgIpc) is 2.62. The predicted octanol–water partition coefficient (Wildman–Crippen LogP) is 3.90. The number of hydrogen-bond acceptors (Lipinski definition) is 2. The third-order valence-corrected chi connectivity index (χ3v) is 1.91. The van der Waals surface area contributed by atoms with Crippen molar-refractivity contribution in [1.82, 2.24) is 4.98 Å². The fourth-order valence-electron chi connectivity index (χ4n) is 0.569. The third-order valence-electron chi connectivity index (χ3n) is 1.05. The molecule has 0 unspecified atom stereocenters. The summed E-state index contributed by atoms with van der Waals surface area (Å²) in [6.45, 7) is 0. The quantitative estimate of drug-likeness (QED) is 0.630. The summed E-state index contributed by atoms with van der Waals surface area (Å²) in [5.74, 6) is 0. The summed E-state index contributed by atoms with van der Waals surface area (Å²) in [7, 11) is 0. The Morgan fingerprint density at radius 3 is 2.00 bits per heavy atom. The van der Waals surface area contributed by atoms with Crippen molar-refractivity contribution in [3.8, 4) is 0 Å².